The van der Waals surface area contributed by atoms with E-state index in [-0.39, 0.29) is 0 Å². The lowest BCUT2D eigenvalue weighted by Gasteiger charge is -2.12. The second-order valence-corrected chi connectivity index (χ2v) is 5.43. The normalized spacial score (nSPS) is 10.9. The number of aryl methyl sites for hydroxylation is 1. The van der Waals surface area contributed by atoms with E-state index >= 15 is 0 Å². The molecule has 3 rings (SSSR count). The number of rotatable bonds is 5. The SMILES string of the molecule is CCCc1c(C)cnnc1Cn1ccnc1-c1cccc(F)n1. The summed E-state index contributed by atoms with van der Waals surface area (Å²) in [5, 5.41) is 8.36. The van der Waals surface area contributed by atoms with Gasteiger partial charge in [-0.3, -0.25) is 0 Å². The molecule has 0 N–H and O–H groups in total. The molecule has 23 heavy (non-hydrogen) atoms. The van der Waals surface area contributed by atoms with Crippen molar-refractivity contribution in [3.8, 4) is 11.5 Å². The van der Waals surface area contributed by atoms with Crippen LogP contribution >= 0.6 is 0 Å². The topological polar surface area (TPSA) is 56.5 Å². The van der Waals surface area contributed by atoms with Crippen molar-refractivity contribution in [2.45, 2.75) is 33.2 Å². The van der Waals surface area contributed by atoms with Gasteiger partial charge in [0.1, 0.15) is 5.69 Å². The van der Waals surface area contributed by atoms with Crippen LogP contribution in [-0.2, 0) is 13.0 Å². The molecule has 0 aliphatic rings. The zero-order chi connectivity index (χ0) is 16.2. The fourth-order valence-corrected chi connectivity index (χ4v) is 2.63. The zero-order valence-corrected chi connectivity index (χ0v) is 13.2. The van der Waals surface area contributed by atoms with E-state index in [1.54, 1.807) is 24.5 Å². The molecule has 0 aliphatic heterocycles. The maximum Gasteiger partial charge on any atom is 0.213 e. The third-order valence-corrected chi connectivity index (χ3v) is 3.73. The minimum absolute atomic E-state index is 0.507. The standard InChI is InChI=1S/C17H18FN5/c1-3-5-13-12(2)10-20-22-15(13)11-23-9-8-19-17(23)14-6-4-7-16(18)21-14/h4,6-10H,3,5,11H2,1-2H3. The number of imidazole rings is 1. The summed E-state index contributed by atoms with van der Waals surface area (Å²) in [5.74, 6) is 0.106. The first-order chi connectivity index (χ1) is 11.2. The fourth-order valence-electron chi connectivity index (χ4n) is 2.63. The molecule has 3 heterocycles. The van der Waals surface area contributed by atoms with Crippen molar-refractivity contribution in [3.63, 3.8) is 0 Å². The first-order valence-corrected chi connectivity index (χ1v) is 7.63. The molecule has 0 saturated carbocycles. The van der Waals surface area contributed by atoms with Gasteiger partial charge < -0.3 is 4.57 Å². The summed E-state index contributed by atoms with van der Waals surface area (Å²) in [6.45, 7) is 4.73. The molecule has 118 valence electrons. The predicted molar refractivity (Wildman–Crippen MR) is 85.3 cm³/mol. The van der Waals surface area contributed by atoms with Gasteiger partial charge in [0.25, 0.3) is 0 Å². The Morgan fingerprint density at radius 2 is 2.13 bits per heavy atom. The fraction of sp³-hybridized carbons (Fsp3) is 0.294. The van der Waals surface area contributed by atoms with E-state index in [4.69, 9.17) is 0 Å². The molecule has 0 amide bonds. The zero-order valence-electron chi connectivity index (χ0n) is 13.2. The monoisotopic (exact) mass is 311 g/mol. The molecule has 3 aromatic rings. The average molecular weight is 311 g/mol. The summed E-state index contributed by atoms with van der Waals surface area (Å²) < 4.78 is 15.3. The molecule has 0 radical (unpaired) electrons. The molecular weight excluding hydrogens is 293 g/mol. The lowest BCUT2D eigenvalue weighted by atomic mass is 10.0. The van der Waals surface area contributed by atoms with Crippen molar-refractivity contribution < 1.29 is 4.39 Å². The van der Waals surface area contributed by atoms with Crippen molar-refractivity contribution >= 4 is 0 Å². The third kappa shape index (κ3) is 3.26. The van der Waals surface area contributed by atoms with Crippen LogP contribution in [0.4, 0.5) is 4.39 Å². The summed E-state index contributed by atoms with van der Waals surface area (Å²) >= 11 is 0. The average Bonchev–Trinajstić information content (AvgIpc) is 2.99. The minimum Gasteiger partial charge on any atom is -0.324 e. The van der Waals surface area contributed by atoms with Crippen LogP contribution in [0, 0.1) is 12.9 Å². The van der Waals surface area contributed by atoms with E-state index in [1.165, 1.54) is 11.6 Å². The Hall–Kier alpha value is -2.63. The van der Waals surface area contributed by atoms with Gasteiger partial charge in [-0.15, -0.1) is 0 Å². The van der Waals surface area contributed by atoms with E-state index in [2.05, 4.69) is 27.1 Å². The Morgan fingerprint density at radius 1 is 1.26 bits per heavy atom. The molecular formula is C17H18FN5. The number of hydrogen-bond donors (Lipinski definition) is 0. The van der Waals surface area contributed by atoms with Crippen LogP contribution in [-0.4, -0.2) is 24.7 Å². The second-order valence-electron chi connectivity index (χ2n) is 5.43. The van der Waals surface area contributed by atoms with E-state index < -0.39 is 5.95 Å². The number of pyridine rings is 1. The van der Waals surface area contributed by atoms with Crippen LogP contribution in [0.2, 0.25) is 0 Å². The highest BCUT2D eigenvalue weighted by Gasteiger charge is 2.13. The van der Waals surface area contributed by atoms with Crippen LogP contribution in [0.1, 0.15) is 30.2 Å². The van der Waals surface area contributed by atoms with Crippen LogP contribution in [0.5, 0.6) is 0 Å². The number of hydrogen-bond acceptors (Lipinski definition) is 4. The van der Waals surface area contributed by atoms with Gasteiger partial charge in [-0.25, -0.2) is 9.97 Å². The summed E-state index contributed by atoms with van der Waals surface area (Å²) in [7, 11) is 0. The van der Waals surface area contributed by atoms with E-state index in [0.29, 0.717) is 18.1 Å². The van der Waals surface area contributed by atoms with Crippen LogP contribution < -0.4 is 0 Å². The first-order valence-electron chi connectivity index (χ1n) is 7.63. The van der Waals surface area contributed by atoms with E-state index in [1.807, 2.05) is 17.7 Å². The molecule has 0 saturated heterocycles. The lowest BCUT2D eigenvalue weighted by Crippen LogP contribution is -2.09. The van der Waals surface area contributed by atoms with Gasteiger partial charge in [0.15, 0.2) is 5.82 Å². The molecule has 0 fully saturated rings. The Balaban J connectivity index is 1.97. The number of aromatic nitrogens is 5. The highest BCUT2D eigenvalue weighted by molar-refractivity contribution is 5.49. The molecule has 0 aliphatic carbocycles. The number of halogens is 1. The van der Waals surface area contributed by atoms with Gasteiger partial charge in [0.05, 0.1) is 18.4 Å². The minimum atomic E-state index is -0.515. The van der Waals surface area contributed by atoms with Gasteiger partial charge >= 0.3 is 0 Å². The Kier molecular flexibility index (Phi) is 4.41. The van der Waals surface area contributed by atoms with Gasteiger partial charge in [-0.05, 0) is 36.6 Å². The largest absolute Gasteiger partial charge is 0.324 e. The first kappa shape index (κ1) is 15.3. The maximum absolute atomic E-state index is 13.4. The molecule has 0 atom stereocenters. The molecule has 3 aromatic heterocycles. The van der Waals surface area contributed by atoms with Crippen molar-refractivity contribution in [1.82, 2.24) is 24.7 Å². The van der Waals surface area contributed by atoms with Crippen LogP contribution in [0.25, 0.3) is 11.5 Å². The second kappa shape index (κ2) is 6.64. The molecule has 0 aromatic carbocycles. The van der Waals surface area contributed by atoms with Gasteiger partial charge in [-0.2, -0.15) is 14.6 Å². The van der Waals surface area contributed by atoms with Crippen molar-refractivity contribution in [3.05, 3.63) is 59.6 Å². The Morgan fingerprint density at radius 3 is 2.91 bits per heavy atom. The van der Waals surface area contributed by atoms with Crippen molar-refractivity contribution in [2.75, 3.05) is 0 Å². The molecule has 0 spiro atoms. The van der Waals surface area contributed by atoms with Gasteiger partial charge in [-0.1, -0.05) is 19.4 Å². The molecule has 0 bridgehead atoms. The van der Waals surface area contributed by atoms with Gasteiger partial charge in [0.2, 0.25) is 5.95 Å². The molecule has 5 nitrogen and oxygen atoms in total. The van der Waals surface area contributed by atoms with E-state index in [9.17, 15) is 4.39 Å². The molecule has 0 unspecified atom stereocenters. The third-order valence-electron chi connectivity index (χ3n) is 3.73. The summed E-state index contributed by atoms with van der Waals surface area (Å²) in [6, 6.07) is 4.70. The predicted octanol–water partition coefficient (Wildman–Crippen LogP) is 3.18. The Bertz CT molecular complexity index is 812. The highest BCUT2D eigenvalue weighted by Crippen LogP contribution is 2.19. The lowest BCUT2D eigenvalue weighted by molar-refractivity contribution is 0.584. The van der Waals surface area contributed by atoms with Crippen LogP contribution in [0.15, 0.2) is 36.8 Å². The van der Waals surface area contributed by atoms with Crippen molar-refractivity contribution in [2.24, 2.45) is 0 Å². The number of nitrogens with zero attached hydrogens (tertiary/aromatic N) is 5. The smallest absolute Gasteiger partial charge is 0.213 e. The van der Waals surface area contributed by atoms with Gasteiger partial charge in [0, 0.05) is 12.4 Å². The highest BCUT2D eigenvalue weighted by atomic mass is 19.1. The molecule has 6 heteroatoms. The summed E-state index contributed by atoms with van der Waals surface area (Å²) in [6.07, 6.45) is 7.32. The van der Waals surface area contributed by atoms with E-state index in [0.717, 1.165) is 24.1 Å². The summed E-state index contributed by atoms with van der Waals surface area (Å²) in [5.41, 5.74) is 3.78. The Labute approximate surface area is 134 Å². The quantitative estimate of drug-likeness (QED) is 0.679. The maximum atomic E-state index is 13.4. The van der Waals surface area contributed by atoms with Crippen molar-refractivity contribution in [1.29, 1.82) is 0 Å². The van der Waals surface area contributed by atoms with Crippen LogP contribution in [0.3, 0.4) is 0 Å². The summed E-state index contributed by atoms with van der Waals surface area (Å²) in [4.78, 5) is 8.22.